The van der Waals surface area contributed by atoms with Gasteiger partial charge in [0.05, 0.1) is 22.4 Å². The van der Waals surface area contributed by atoms with Gasteiger partial charge in [0.2, 0.25) is 10.0 Å². The molecular formula is C11H19N3O3S. The van der Waals surface area contributed by atoms with Crippen molar-refractivity contribution in [2.75, 3.05) is 17.6 Å². The van der Waals surface area contributed by atoms with Crippen LogP contribution in [0.5, 0.6) is 0 Å². The maximum Gasteiger partial charge on any atom is 0.238 e. The summed E-state index contributed by atoms with van der Waals surface area (Å²) in [6.07, 6.45) is 1.08. The lowest BCUT2D eigenvalue weighted by atomic mass is 10.2. The Kier molecular flexibility index (Phi) is 4.94. The quantitative estimate of drug-likeness (QED) is 0.444. The van der Waals surface area contributed by atoms with E-state index in [9.17, 15) is 8.42 Å². The molecule has 0 spiro atoms. The van der Waals surface area contributed by atoms with Gasteiger partial charge in [-0.2, -0.15) is 0 Å². The minimum absolute atomic E-state index is 0.0229. The van der Waals surface area contributed by atoms with Crippen molar-refractivity contribution < 1.29 is 13.5 Å². The van der Waals surface area contributed by atoms with Gasteiger partial charge in [0.1, 0.15) is 0 Å². The summed E-state index contributed by atoms with van der Waals surface area (Å²) in [5.74, 6) is 0. The van der Waals surface area contributed by atoms with Crippen LogP contribution in [-0.4, -0.2) is 26.2 Å². The first-order valence-electron chi connectivity index (χ1n) is 5.65. The van der Waals surface area contributed by atoms with Crippen LogP contribution in [-0.2, 0) is 10.0 Å². The van der Waals surface area contributed by atoms with E-state index in [-0.39, 0.29) is 11.0 Å². The van der Waals surface area contributed by atoms with Crippen molar-refractivity contribution in [3.63, 3.8) is 0 Å². The SMILES string of the molecule is CC(O)CCCNc1cc(S(N)(=O)=O)ccc1N. The molecule has 102 valence electrons. The average molecular weight is 273 g/mol. The number of nitrogen functional groups attached to an aromatic ring is 1. The van der Waals surface area contributed by atoms with Crippen LogP contribution in [0.4, 0.5) is 11.4 Å². The topological polar surface area (TPSA) is 118 Å². The number of rotatable bonds is 6. The fraction of sp³-hybridized carbons (Fsp3) is 0.455. The molecule has 18 heavy (non-hydrogen) atoms. The van der Waals surface area contributed by atoms with Crippen LogP contribution < -0.4 is 16.2 Å². The van der Waals surface area contributed by atoms with Gasteiger partial charge in [-0.15, -0.1) is 0 Å². The fourth-order valence-electron chi connectivity index (χ4n) is 1.49. The monoisotopic (exact) mass is 273 g/mol. The van der Waals surface area contributed by atoms with E-state index in [0.717, 1.165) is 6.42 Å². The normalized spacial score (nSPS) is 13.3. The third kappa shape index (κ3) is 4.52. The number of nitrogens with two attached hydrogens (primary N) is 2. The molecule has 6 N–H and O–H groups in total. The summed E-state index contributed by atoms with van der Waals surface area (Å²) in [5, 5.41) is 17.2. The van der Waals surface area contributed by atoms with Crippen LogP contribution in [0.3, 0.4) is 0 Å². The predicted octanol–water partition coefficient (Wildman–Crippen LogP) is 0.489. The zero-order valence-corrected chi connectivity index (χ0v) is 11.1. The van der Waals surface area contributed by atoms with E-state index in [2.05, 4.69) is 5.32 Å². The molecule has 7 heteroatoms. The molecule has 0 aliphatic carbocycles. The number of benzene rings is 1. The molecule has 1 aromatic rings. The molecule has 0 aliphatic rings. The zero-order chi connectivity index (χ0) is 13.8. The highest BCUT2D eigenvalue weighted by Gasteiger charge is 2.10. The van der Waals surface area contributed by atoms with Crippen molar-refractivity contribution in [1.29, 1.82) is 0 Å². The van der Waals surface area contributed by atoms with E-state index in [4.69, 9.17) is 16.0 Å². The minimum Gasteiger partial charge on any atom is -0.397 e. The molecular weight excluding hydrogens is 254 g/mol. The Balaban J connectivity index is 2.70. The van der Waals surface area contributed by atoms with E-state index >= 15 is 0 Å². The van der Waals surface area contributed by atoms with Gasteiger partial charge in [0.25, 0.3) is 0 Å². The molecule has 0 amide bonds. The van der Waals surface area contributed by atoms with Gasteiger partial charge in [-0.3, -0.25) is 0 Å². The maximum atomic E-state index is 11.2. The number of aliphatic hydroxyl groups is 1. The molecule has 0 bridgehead atoms. The smallest absolute Gasteiger partial charge is 0.238 e. The maximum absolute atomic E-state index is 11.2. The summed E-state index contributed by atoms with van der Waals surface area (Å²) < 4.78 is 22.4. The molecule has 1 unspecified atom stereocenters. The molecule has 0 aliphatic heterocycles. The Morgan fingerprint density at radius 1 is 1.44 bits per heavy atom. The molecule has 1 rings (SSSR count). The summed E-state index contributed by atoms with van der Waals surface area (Å²) in [5.41, 5.74) is 6.72. The number of nitrogens with one attached hydrogen (secondary N) is 1. The van der Waals surface area contributed by atoms with Crippen molar-refractivity contribution in [2.45, 2.75) is 30.8 Å². The Morgan fingerprint density at radius 3 is 2.67 bits per heavy atom. The molecule has 0 radical (unpaired) electrons. The molecule has 0 saturated carbocycles. The van der Waals surface area contributed by atoms with Gasteiger partial charge in [-0.25, -0.2) is 13.6 Å². The number of sulfonamides is 1. The van der Waals surface area contributed by atoms with Gasteiger partial charge in [-0.05, 0) is 38.0 Å². The first-order chi connectivity index (χ1) is 8.30. The number of hydrogen-bond donors (Lipinski definition) is 4. The molecule has 1 atom stereocenters. The molecule has 0 heterocycles. The van der Waals surface area contributed by atoms with Gasteiger partial charge in [-0.1, -0.05) is 0 Å². The standard InChI is InChI=1S/C11H19N3O3S/c1-8(15)3-2-6-14-11-7-9(18(13,16)17)4-5-10(11)12/h4-5,7-8,14-15H,2-3,6,12H2,1H3,(H2,13,16,17). The Hall–Kier alpha value is -1.31. The molecule has 1 aromatic carbocycles. The fourth-order valence-corrected chi connectivity index (χ4v) is 2.03. The van der Waals surface area contributed by atoms with Crippen LogP contribution in [0.2, 0.25) is 0 Å². The highest BCUT2D eigenvalue weighted by atomic mass is 32.2. The molecule has 0 saturated heterocycles. The van der Waals surface area contributed by atoms with Crippen molar-refractivity contribution in [3.8, 4) is 0 Å². The number of aliphatic hydroxyl groups excluding tert-OH is 1. The third-order valence-electron chi connectivity index (χ3n) is 2.47. The van der Waals surface area contributed by atoms with Crippen molar-refractivity contribution >= 4 is 21.4 Å². The lowest BCUT2D eigenvalue weighted by molar-refractivity contribution is 0.183. The second kappa shape index (κ2) is 6.03. The Morgan fingerprint density at radius 2 is 2.11 bits per heavy atom. The number of primary sulfonamides is 1. The molecule has 0 fully saturated rings. The average Bonchev–Trinajstić information content (AvgIpc) is 2.24. The van der Waals surface area contributed by atoms with Crippen LogP contribution in [0, 0.1) is 0 Å². The van der Waals surface area contributed by atoms with Crippen molar-refractivity contribution in [3.05, 3.63) is 18.2 Å². The number of anilines is 2. The lowest BCUT2D eigenvalue weighted by Gasteiger charge is -2.11. The van der Waals surface area contributed by atoms with Gasteiger partial charge in [0, 0.05) is 6.54 Å². The van der Waals surface area contributed by atoms with Crippen molar-refractivity contribution in [2.24, 2.45) is 5.14 Å². The van der Waals surface area contributed by atoms with E-state index in [1.54, 1.807) is 6.92 Å². The van der Waals surface area contributed by atoms with E-state index in [1.807, 2.05) is 0 Å². The summed E-state index contributed by atoms with van der Waals surface area (Å²) >= 11 is 0. The van der Waals surface area contributed by atoms with E-state index < -0.39 is 10.0 Å². The van der Waals surface area contributed by atoms with Gasteiger partial charge >= 0.3 is 0 Å². The summed E-state index contributed by atoms with van der Waals surface area (Å²) in [7, 11) is -3.72. The van der Waals surface area contributed by atoms with Gasteiger partial charge < -0.3 is 16.2 Å². The van der Waals surface area contributed by atoms with E-state index in [0.29, 0.717) is 24.3 Å². The zero-order valence-electron chi connectivity index (χ0n) is 10.3. The first kappa shape index (κ1) is 14.7. The largest absolute Gasteiger partial charge is 0.397 e. The molecule has 0 aromatic heterocycles. The highest BCUT2D eigenvalue weighted by Crippen LogP contribution is 2.22. The van der Waals surface area contributed by atoms with E-state index in [1.165, 1.54) is 18.2 Å². The van der Waals surface area contributed by atoms with Crippen LogP contribution >= 0.6 is 0 Å². The third-order valence-corrected chi connectivity index (χ3v) is 3.38. The first-order valence-corrected chi connectivity index (χ1v) is 7.19. The van der Waals surface area contributed by atoms with Crippen LogP contribution in [0.25, 0.3) is 0 Å². The van der Waals surface area contributed by atoms with Crippen LogP contribution in [0.15, 0.2) is 23.1 Å². The lowest BCUT2D eigenvalue weighted by Crippen LogP contribution is -2.13. The summed E-state index contributed by atoms with van der Waals surface area (Å²) in [4.78, 5) is 0.0229. The second-order valence-electron chi connectivity index (χ2n) is 4.21. The van der Waals surface area contributed by atoms with Crippen LogP contribution in [0.1, 0.15) is 19.8 Å². The Bertz CT molecular complexity index is 500. The predicted molar refractivity (Wildman–Crippen MR) is 71.6 cm³/mol. The Labute approximate surface area is 107 Å². The second-order valence-corrected chi connectivity index (χ2v) is 5.77. The van der Waals surface area contributed by atoms with Crippen molar-refractivity contribution in [1.82, 2.24) is 0 Å². The number of hydrogen-bond acceptors (Lipinski definition) is 5. The minimum atomic E-state index is -3.72. The summed E-state index contributed by atoms with van der Waals surface area (Å²) in [6.45, 7) is 2.32. The van der Waals surface area contributed by atoms with Gasteiger partial charge in [0.15, 0.2) is 0 Å². The molecule has 6 nitrogen and oxygen atoms in total. The summed E-state index contributed by atoms with van der Waals surface area (Å²) in [6, 6.07) is 4.27. The highest BCUT2D eigenvalue weighted by molar-refractivity contribution is 7.89.